The number of nitrogens with zero attached hydrogens (tertiary/aromatic N) is 1. The quantitative estimate of drug-likeness (QED) is 0.714. The topological polar surface area (TPSA) is 3.24 Å². The van der Waals surface area contributed by atoms with Crippen molar-refractivity contribution in [1.29, 1.82) is 0 Å². The molecule has 1 heteroatoms. The molecule has 0 spiro atoms. The fourth-order valence-corrected chi connectivity index (χ4v) is 2.24. The van der Waals surface area contributed by atoms with Crippen LogP contribution in [0.15, 0.2) is 54.6 Å². The fourth-order valence-electron chi connectivity index (χ4n) is 2.24. The Kier molecular flexibility index (Phi) is 3.60. The lowest BCUT2D eigenvalue weighted by molar-refractivity contribution is 0.357. The van der Waals surface area contributed by atoms with E-state index in [1.165, 1.54) is 21.9 Å². The van der Waals surface area contributed by atoms with E-state index in [0.717, 1.165) is 13.1 Å². The summed E-state index contributed by atoms with van der Waals surface area (Å²) in [4.78, 5) is 2.30. The van der Waals surface area contributed by atoms with Gasteiger partial charge in [0.1, 0.15) is 0 Å². The summed E-state index contributed by atoms with van der Waals surface area (Å²) in [5.41, 5.74) is 2.58. The van der Waals surface area contributed by atoms with Crippen LogP contribution in [0.4, 0.5) is 0 Å². The average Bonchev–Trinajstić information content (AvgIpc) is 2.28. The molecule has 0 radical (unpaired) electrons. The Morgan fingerprint density at radius 1 is 1.12 bits per heavy atom. The summed E-state index contributed by atoms with van der Waals surface area (Å²) in [6.07, 6.45) is 0. The molecule has 0 heterocycles. The Balaban J connectivity index is 2.26. The maximum atomic E-state index is 3.96. The third-order valence-corrected chi connectivity index (χ3v) is 2.86. The number of rotatable bonds is 4. The van der Waals surface area contributed by atoms with Crippen LogP contribution in [0.25, 0.3) is 10.8 Å². The minimum atomic E-state index is 0.948. The summed E-state index contributed by atoms with van der Waals surface area (Å²) in [7, 11) is 2.14. The molecule has 0 aliphatic rings. The molecule has 2 aromatic carbocycles. The molecule has 17 heavy (non-hydrogen) atoms. The van der Waals surface area contributed by atoms with E-state index in [1.54, 1.807) is 0 Å². The second-order valence-corrected chi connectivity index (χ2v) is 4.77. The van der Waals surface area contributed by atoms with Gasteiger partial charge in [0.25, 0.3) is 0 Å². The molecule has 0 atom stereocenters. The molecule has 0 aromatic heterocycles. The lowest BCUT2D eigenvalue weighted by Crippen LogP contribution is -2.19. The lowest BCUT2D eigenvalue weighted by atomic mass is 10.0. The van der Waals surface area contributed by atoms with Crippen molar-refractivity contribution in [2.24, 2.45) is 0 Å². The van der Waals surface area contributed by atoms with E-state index in [0.29, 0.717) is 0 Å². The van der Waals surface area contributed by atoms with Gasteiger partial charge in [-0.15, -0.1) is 0 Å². The van der Waals surface area contributed by atoms with Gasteiger partial charge in [0.15, 0.2) is 0 Å². The molecule has 88 valence electrons. The molecule has 2 aromatic rings. The van der Waals surface area contributed by atoms with E-state index in [4.69, 9.17) is 0 Å². The number of likely N-dealkylation sites (N-methyl/N-ethyl adjacent to an activating group) is 1. The predicted octanol–water partition coefficient (Wildman–Crippen LogP) is 3.85. The van der Waals surface area contributed by atoms with E-state index in [-0.39, 0.29) is 0 Å². The molecular weight excluding hydrogens is 206 g/mol. The first-order valence-electron chi connectivity index (χ1n) is 5.96. The van der Waals surface area contributed by atoms with Crippen LogP contribution in [0.1, 0.15) is 12.5 Å². The number of hydrogen-bond acceptors (Lipinski definition) is 1. The Morgan fingerprint density at radius 2 is 1.82 bits per heavy atom. The van der Waals surface area contributed by atoms with Crippen LogP contribution in [0.3, 0.4) is 0 Å². The molecule has 0 unspecified atom stereocenters. The van der Waals surface area contributed by atoms with E-state index in [1.807, 2.05) is 0 Å². The van der Waals surface area contributed by atoms with Crippen molar-refractivity contribution >= 4 is 10.8 Å². The van der Waals surface area contributed by atoms with Crippen LogP contribution in [0.2, 0.25) is 0 Å². The summed E-state index contributed by atoms with van der Waals surface area (Å²) < 4.78 is 0. The smallest absolute Gasteiger partial charge is 0.0240 e. The number of hydrogen-bond donors (Lipinski definition) is 0. The SMILES string of the molecule is C=C(C)CN(C)Cc1cccc2ccccc12. The van der Waals surface area contributed by atoms with Gasteiger partial charge in [-0.1, -0.05) is 54.6 Å². The molecule has 0 aliphatic heterocycles. The molecule has 0 fully saturated rings. The minimum Gasteiger partial charge on any atom is -0.298 e. The van der Waals surface area contributed by atoms with E-state index >= 15 is 0 Å². The summed E-state index contributed by atoms with van der Waals surface area (Å²) in [5.74, 6) is 0. The highest BCUT2D eigenvalue weighted by Crippen LogP contribution is 2.19. The van der Waals surface area contributed by atoms with Crippen LogP contribution in [-0.4, -0.2) is 18.5 Å². The zero-order valence-electron chi connectivity index (χ0n) is 10.6. The zero-order valence-corrected chi connectivity index (χ0v) is 10.6. The first-order chi connectivity index (χ1) is 8.16. The summed E-state index contributed by atoms with van der Waals surface area (Å²) in [6, 6.07) is 15.0. The standard InChI is InChI=1S/C16H19N/c1-13(2)11-17(3)12-15-9-6-8-14-7-4-5-10-16(14)15/h4-10H,1,11-12H2,2-3H3. The van der Waals surface area contributed by atoms with Crippen molar-refractivity contribution in [2.75, 3.05) is 13.6 Å². The van der Waals surface area contributed by atoms with Crippen molar-refractivity contribution in [2.45, 2.75) is 13.5 Å². The van der Waals surface area contributed by atoms with Gasteiger partial charge in [-0.25, -0.2) is 0 Å². The van der Waals surface area contributed by atoms with Crippen molar-refractivity contribution in [3.05, 3.63) is 60.2 Å². The number of benzene rings is 2. The van der Waals surface area contributed by atoms with Gasteiger partial charge in [-0.2, -0.15) is 0 Å². The van der Waals surface area contributed by atoms with E-state index in [9.17, 15) is 0 Å². The monoisotopic (exact) mass is 225 g/mol. The molecule has 0 N–H and O–H groups in total. The molecule has 0 bridgehead atoms. The second-order valence-electron chi connectivity index (χ2n) is 4.77. The normalized spacial score (nSPS) is 11.0. The Labute approximate surface area is 103 Å². The molecule has 0 aliphatic carbocycles. The summed E-state index contributed by atoms with van der Waals surface area (Å²) in [5, 5.41) is 2.66. The Morgan fingerprint density at radius 3 is 2.59 bits per heavy atom. The predicted molar refractivity (Wildman–Crippen MR) is 75.1 cm³/mol. The Hall–Kier alpha value is -1.60. The van der Waals surface area contributed by atoms with Crippen LogP contribution < -0.4 is 0 Å². The summed E-state index contributed by atoms with van der Waals surface area (Å²) in [6.45, 7) is 7.94. The summed E-state index contributed by atoms with van der Waals surface area (Å²) >= 11 is 0. The highest BCUT2D eigenvalue weighted by molar-refractivity contribution is 5.85. The maximum absolute atomic E-state index is 3.96. The molecule has 0 amide bonds. The first kappa shape index (κ1) is 11.9. The van der Waals surface area contributed by atoms with E-state index < -0.39 is 0 Å². The highest BCUT2D eigenvalue weighted by Gasteiger charge is 2.03. The van der Waals surface area contributed by atoms with Gasteiger partial charge in [0.05, 0.1) is 0 Å². The van der Waals surface area contributed by atoms with Crippen molar-refractivity contribution in [3.63, 3.8) is 0 Å². The zero-order chi connectivity index (χ0) is 12.3. The molecule has 0 saturated carbocycles. The second kappa shape index (κ2) is 5.15. The van der Waals surface area contributed by atoms with Gasteiger partial charge in [0.2, 0.25) is 0 Å². The molecular formula is C16H19N. The van der Waals surface area contributed by atoms with Crippen LogP contribution in [0.5, 0.6) is 0 Å². The van der Waals surface area contributed by atoms with Crippen molar-refractivity contribution in [3.8, 4) is 0 Å². The van der Waals surface area contributed by atoms with E-state index in [2.05, 4.69) is 67.9 Å². The maximum Gasteiger partial charge on any atom is 0.0240 e. The van der Waals surface area contributed by atoms with Gasteiger partial charge in [-0.3, -0.25) is 4.90 Å². The average molecular weight is 225 g/mol. The molecule has 1 nitrogen and oxygen atoms in total. The lowest BCUT2D eigenvalue weighted by Gasteiger charge is -2.17. The molecule has 2 rings (SSSR count). The van der Waals surface area contributed by atoms with Crippen molar-refractivity contribution in [1.82, 2.24) is 4.90 Å². The van der Waals surface area contributed by atoms with Gasteiger partial charge in [0, 0.05) is 13.1 Å². The third-order valence-electron chi connectivity index (χ3n) is 2.86. The number of fused-ring (bicyclic) bond motifs is 1. The van der Waals surface area contributed by atoms with Crippen molar-refractivity contribution < 1.29 is 0 Å². The third kappa shape index (κ3) is 2.95. The first-order valence-corrected chi connectivity index (χ1v) is 5.96. The fraction of sp³-hybridized carbons (Fsp3) is 0.250. The van der Waals surface area contributed by atoms with Crippen LogP contribution in [-0.2, 0) is 6.54 Å². The van der Waals surface area contributed by atoms with Gasteiger partial charge < -0.3 is 0 Å². The largest absolute Gasteiger partial charge is 0.298 e. The highest BCUT2D eigenvalue weighted by atomic mass is 15.1. The Bertz CT molecular complexity index is 523. The van der Waals surface area contributed by atoms with Crippen LogP contribution >= 0.6 is 0 Å². The molecule has 0 saturated heterocycles. The van der Waals surface area contributed by atoms with Gasteiger partial charge in [-0.05, 0) is 30.3 Å². The minimum absolute atomic E-state index is 0.948. The van der Waals surface area contributed by atoms with Gasteiger partial charge >= 0.3 is 0 Å². The van der Waals surface area contributed by atoms with Crippen LogP contribution in [0, 0.1) is 0 Å².